The average molecular weight is 513 g/mol. The van der Waals surface area contributed by atoms with Crippen molar-refractivity contribution in [2.75, 3.05) is 21.3 Å². The molecule has 0 aliphatic carbocycles. The lowest BCUT2D eigenvalue weighted by Gasteiger charge is -2.10. The van der Waals surface area contributed by atoms with E-state index in [0.29, 0.717) is 33.9 Å². The largest absolute Gasteiger partial charge is 0.493 e. The number of halogens is 1. The van der Waals surface area contributed by atoms with E-state index in [1.807, 2.05) is 6.07 Å². The molecular formula is C24H21BrN2O6. The van der Waals surface area contributed by atoms with Gasteiger partial charge < -0.3 is 18.9 Å². The van der Waals surface area contributed by atoms with E-state index in [-0.39, 0.29) is 5.75 Å². The Morgan fingerprint density at radius 2 is 1.52 bits per heavy atom. The van der Waals surface area contributed by atoms with Gasteiger partial charge >= 0.3 is 5.97 Å². The van der Waals surface area contributed by atoms with Crippen LogP contribution in [0.15, 0.2) is 70.2 Å². The molecule has 3 aromatic rings. The molecule has 0 saturated heterocycles. The van der Waals surface area contributed by atoms with Crippen LogP contribution in [0.25, 0.3) is 0 Å². The number of nitrogens with zero attached hydrogens (tertiary/aromatic N) is 1. The monoisotopic (exact) mass is 512 g/mol. The molecule has 33 heavy (non-hydrogen) atoms. The molecular weight excluding hydrogens is 492 g/mol. The molecule has 0 bridgehead atoms. The number of methoxy groups -OCH3 is 3. The number of hydrazone groups is 1. The molecule has 1 amide bonds. The minimum Gasteiger partial charge on any atom is -0.493 e. The van der Waals surface area contributed by atoms with E-state index in [4.69, 9.17) is 18.9 Å². The quantitative estimate of drug-likeness (QED) is 0.207. The maximum Gasteiger partial charge on any atom is 0.343 e. The first-order chi connectivity index (χ1) is 15.9. The number of nitrogens with one attached hydrogen (secondary N) is 1. The Balaban J connectivity index is 1.68. The first-order valence-corrected chi connectivity index (χ1v) is 10.5. The van der Waals surface area contributed by atoms with Gasteiger partial charge in [0.2, 0.25) is 0 Å². The molecule has 0 aliphatic rings. The minimum atomic E-state index is -0.516. The summed E-state index contributed by atoms with van der Waals surface area (Å²) in [4.78, 5) is 24.8. The van der Waals surface area contributed by atoms with Gasteiger partial charge in [0.05, 0.1) is 33.1 Å². The Hall–Kier alpha value is -3.85. The highest BCUT2D eigenvalue weighted by Crippen LogP contribution is 2.29. The fourth-order valence-electron chi connectivity index (χ4n) is 2.83. The third-order valence-electron chi connectivity index (χ3n) is 4.48. The Labute approximate surface area is 199 Å². The standard InChI is InChI=1S/C24H21BrN2O6/c1-30-19-10-8-16(13-22(19)32-3)23(28)27-26-14-15-7-9-20(21(11-15)31-2)33-24(29)17-5-4-6-18(25)12-17/h4-14H,1-3H3,(H,27,28). The van der Waals surface area contributed by atoms with Crippen LogP contribution < -0.4 is 24.4 Å². The smallest absolute Gasteiger partial charge is 0.343 e. The number of hydrogen-bond donors (Lipinski definition) is 1. The summed E-state index contributed by atoms with van der Waals surface area (Å²) in [6.07, 6.45) is 1.45. The Morgan fingerprint density at radius 1 is 0.818 bits per heavy atom. The van der Waals surface area contributed by atoms with Gasteiger partial charge in [-0.2, -0.15) is 5.10 Å². The van der Waals surface area contributed by atoms with Crippen molar-refractivity contribution in [1.29, 1.82) is 0 Å². The van der Waals surface area contributed by atoms with Crippen LogP contribution in [0.3, 0.4) is 0 Å². The lowest BCUT2D eigenvalue weighted by Crippen LogP contribution is -2.17. The SMILES string of the molecule is COc1ccc(C(=O)NN=Cc2ccc(OC(=O)c3cccc(Br)c3)c(OC)c2)cc1OC. The normalized spacial score (nSPS) is 10.5. The van der Waals surface area contributed by atoms with Gasteiger partial charge in [0, 0.05) is 10.0 Å². The summed E-state index contributed by atoms with van der Waals surface area (Å²) in [5, 5.41) is 3.97. The molecule has 0 aromatic heterocycles. The van der Waals surface area contributed by atoms with E-state index in [2.05, 4.69) is 26.5 Å². The van der Waals surface area contributed by atoms with E-state index in [1.54, 1.807) is 54.6 Å². The molecule has 0 unspecified atom stereocenters. The molecule has 0 atom stereocenters. The molecule has 0 saturated carbocycles. The Kier molecular flexibility index (Phi) is 8.04. The van der Waals surface area contributed by atoms with Crippen molar-refractivity contribution in [1.82, 2.24) is 5.43 Å². The summed E-state index contributed by atoms with van der Waals surface area (Å²) in [5.41, 5.74) is 3.83. The van der Waals surface area contributed by atoms with Crippen molar-refractivity contribution < 1.29 is 28.5 Å². The lowest BCUT2D eigenvalue weighted by atomic mass is 10.2. The molecule has 3 aromatic carbocycles. The number of amides is 1. The molecule has 0 radical (unpaired) electrons. The van der Waals surface area contributed by atoms with E-state index in [0.717, 1.165) is 4.47 Å². The van der Waals surface area contributed by atoms with Gasteiger partial charge in [0.15, 0.2) is 23.0 Å². The summed E-state index contributed by atoms with van der Waals surface area (Å²) in [5.74, 6) is 0.622. The van der Waals surface area contributed by atoms with Gasteiger partial charge in [-0.3, -0.25) is 4.79 Å². The van der Waals surface area contributed by atoms with Crippen LogP contribution in [0.2, 0.25) is 0 Å². The molecule has 170 valence electrons. The summed E-state index contributed by atoms with van der Waals surface area (Å²) in [6, 6.07) is 16.6. The van der Waals surface area contributed by atoms with Crippen LogP contribution in [0.5, 0.6) is 23.0 Å². The van der Waals surface area contributed by atoms with Gasteiger partial charge in [-0.25, -0.2) is 10.2 Å². The van der Waals surface area contributed by atoms with Crippen molar-refractivity contribution in [3.63, 3.8) is 0 Å². The Bertz CT molecular complexity index is 1200. The summed E-state index contributed by atoms with van der Waals surface area (Å²) in [7, 11) is 4.47. The fraction of sp³-hybridized carbons (Fsp3) is 0.125. The van der Waals surface area contributed by atoms with Crippen LogP contribution in [0.1, 0.15) is 26.3 Å². The molecule has 0 fully saturated rings. The van der Waals surface area contributed by atoms with E-state index in [1.165, 1.54) is 27.5 Å². The molecule has 0 aliphatic heterocycles. The van der Waals surface area contributed by atoms with Crippen LogP contribution >= 0.6 is 15.9 Å². The molecule has 0 spiro atoms. The second kappa shape index (κ2) is 11.1. The number of benzene rings is 3. The number of ether oxygens (including phenoxy) is 4. The third-order valence-corrected chi connectivity index (χ3v) is 4.97. The summed E-state index contributed by atoms with van der Waals surface area (Å²) in [6.45, 7) is 0. The van der Waals surface area contributed by atoms with E-state index < -0.39 is 11.9 Å². The molecule has 9 heteroatoms. The second-order valence-electron chi connectivity index (χ2n) is 6.58. The number of rotatable bonds is 8. The average Bonchev–Trinajstić information content (AvgIpc) is 2.84. The number of carbonyl (C=O) groups excluding carboxylic acids is 2. The van der Waals surface area contributed by atoms with Crippen molar-refractivity contribution in [2.24, 2.45) is 5.10 Å². The van der Waals surface area contributed by atoms with Crippen molar-refractivity contribution in [3.05, 3.63) is 81.8 Å². The highest BCUT2D eigenvalue weighted by atomic mass is 79.9. The lowest BCUT2D eigenvalue weighted by molar-refractivity contribution is 0.0729. The molecule has 8 nitrogen and oxygen atoms in total. The summed E-state index contributed by atoms with van der Waals surface area (Å²) < 4.78 is 21.9. The van der Waals surface area contributed by atoms with Gasteiger partial charge in [0.1, 0.15) is 0 Å². The number of hydrogen-bond acceptors (Lipinski definition) is 7. The van der Waals surface area contributed by atoms with Gasteiger partial charge in [0.25, 0.3) is 5.91 Å². The fourth-order valence-corrected chi connectivity index (χ4v) is 3.23. The molecule has 1 N–H and O–H groups in total. The second-order valence-corrected chi connectivity index (χ2v) is 7.49. The minimum absolute atomic E-state index is 0.258. The van der Waals surface area contributed by atoms with E-state index >= 15 is 0 Å². The zero-order valence-electron chi connectivity index (χ0n) is 18.1. The van der Waals surface area contributed by atoms with Crippen LogP contribution in [0.4, 0.5) is 0 Å². The van der Waals surface area contributed by atoms with Gasteiger partial charge in [-0.05, 0) is 60.2 Å². The number of esters is 1. The van der Waals surface area contributed by atoms with Crippen molar-refractivity contribution in [3.8, 4) is 23.0 Å². The third kappa shape index (κ3) is 6.11. The topological polar surface area (TPSA) is 95.5 Å². The van der Waals surface area contributed by atoms with Crippen molar-refractivity contribution in [2.45, 2.75) is 0 Å². The van der Waals surface area contributed by atoms with Crippen LogP contribution in [-0.4, -0.2) is 39.4 Å². The highest BCUT2D eigenvalue weighted by Gasteiger charge is 2.13. The Morgan fingerprint density at radius 3 is 2.21 bits per heavy atom. The zero-order valence-corrected chi connectivity index (χ0v) is 19.7. The highest BCUT2D eigenvalue weighted by molar-refractivity contribution is 9.10. The van der Waals surface area contributed by atoms with Crippen LogP contribution in [0, 0.1) is 0 Å². The van der Waals surface area contributed by atoms with Crippen LogP contribution in [-0.2, 0) is 0 Å². The van der Waals surface area contributed by atoms with Crippen molar-refractivity contribution >= 4 is 34.0 Å². The maximum absolute atomic E-state index is 12.4. The zero-order chi connectivity index (χ0) is 23.8. The number of carbonyl (C=O) groups is 2. The predicted molar refractivity (Wildman–Crippen MR) is 127 cm³/mol. The van der Waals surface area contributed by atoms with Gasteiger partial charge in [-0.15, -0.1) is 0 Å². The predicted octanol–water partition coefficient (Wildman–Crippen LogP) is 4.46. The first kappa shape index (κ1) is 23.8. The van der Waals surface area contributed by atoms with Gasteiger partial charge in [-0.1, -0.05) is 22.0 Å². The summed E-state index contributed by atoms with van der Waals surface area (Å²) >= 11 is 3.33. The maximum atomic E-state index is 12.4. The van der Waals surface area contributed by atoms with E-state index in [9.17, 15) is 9.59 Å². The molecule has 0 heterocycles. The molecule has 3 rings (SSSR count). The first-order valence-electron chi connectivity index (χ1n) is 9.66.